The van der Waals surface area contributed by atoms with E-state index in [0.29, 0.717) is 29.4 Å². The Bertz CT molecular complexity index is 1180. The zero-order valence-electron chi connectivity index (χ0n) is 21.5. The van der Waals surface area contributed by atoms with E-state index >= 15 is 0 Å². The monoisotopic (exact) mass is 543 g/mol. The number of aryl methyl sites for hydroxylation is 1. The summed E-state index contributed by atoms with van der Waals surface area (Å²) in [4.78, 5) is 22.5. The van der Waals surface area contributed by atoms with Gasteiger partial charge in [0.1, 0.15) is 17.2 Å². The van der Waals surface area contributed by atoms with Crippen LogP contribution in [0.25, 0.3) is 0 Å². The summed E-state index contributed by atoms with van der Waals surface area (Å²) in [7, 11) is 0. The summed E-state index contributed by atoms with van der Waals surface area (Å²) in [6, 6.07) is 18.9. The van der Waals surface area contributed by atoms with Crippen LogP contribution in [0.15, 0.2) is 72.8 Å². The third-order valence-corrected chi connectivity index (χ3v) is 5.96. The van der Waals surface area contributed by atoms with Gasteiger partial charge in [-0.2, -0.15) is 13.2 Å². The van der Waals surface area contributed by atoms with Gasteiger partial charge in [0.2, 0.25) is 0 Å². The quantitative estimate of drug-likeness (QED) is 0.197. The number of aliphatic carboxylic acids is 1. The molecule has 3 rings (SSSR count). The van der Waals surface area contributed by atoms with Crippen LogP contribution in [0, 0.1) is 0 Å². The molecule has 6 nitrogen and oxygen atoms in total. The molecular weight excluding hydrogens is 511 g/mol. The van der Waals surface area contributed by atoms with E-state index in [0.717, 1.165) is 56.2 Å². The van der Waals surface area contributed by atoms with Crippen LogP contribution in [0.3, 0.4) is 0 Å². The molecule has 0 saturated heterocycles. The highest BCUT2D eigenvalue weighted by Gasteiger charge is 2.30. The molecule has 2 N–H and O–H groups in total. The molecule has 0 aliphatic rings. The smallest absolute Gasteiger partial charge is 0.416 e. The summed E-state index contributed by atoms with van der Waals surface area (Å²) in [5.74, 6) is 0.321. The fourth-order valence-electron chi connectivity index (χ4n) is 3.81. The van der Waals surface area contributed by atoms with E-state index in [-0.39, 0.29) is 18.9 Å². The summed E-state index contributed by atoms with van der Waals surface area (Å²) < 4.78 is 49.3. The maximum atomic E-state index is 12.7. The Morgan fingerprint density at radius 2 is 1.31 bits per heavy atom. The first-order valence-electron chi connectivity index (χ1n) is 12.9. The highest BCUT2D eigenvalue weighted by atomic mass is 19.4. The lowest BCUT2D eigenvalue weighted by Gasteiger charge is -2.10. The van der Waals surface area contributed by atoms with Gasteiger partial charge in [0.05, 0.1) is 18.6 Å². The number of carboxylic acids is 1. The highest BCUT2D eigenvalue weighted by molar-refractivity contribution is 5.94. The molecule has 0 fully saturated rings. The Hall–Kier alpha value is -4.01. The number of unbranched alkanes of at least 4 members (excludes halogenated alkanes) is 4. The second kappa shape index (κ2) is 14.8. The summed E-state index contributed by atoms with van der Waals surface area (Å²) in [5.41, 5.74) is 0.959. The molecule has 0 aliphatic heterocycles. The molecule has 3 aromatic rings. The summed E-state index contributed by atoms with van der Waals surface area (Å²) in [5, 5.41) is 11.2. The van der Waals surface area contributed by atoms with Crippen molar-refractivity contribution >= 4 is 11.9 Å². The number of carbonyl (C=O) groups is 2. The normalized spacial score (nSPS) is 11.2. The maximum Gasteiger partial charge on any atom is 0.416 e. The van der Waals surface area contributed by atoms with E-state index < -0.39 is 17.7 Å². The Morgan fingerprint density at radius 1 is 0.744 bits per heavy atom. The molecule has 3 aromatic carbocycles. The number of ether oxygens (including phenoxy) is 2. The van der Waals surface area contributed by atoms with E-state index in [1.165, 1.54) is 12.1 Å². The van der Waals surface area contributed by atoms with E-state index in [4.69, 9.17) is 14.6 Å². The summed E-state index contributed by atoms with van der Waals surface area (Å²) >= 11 is 0. The van der Waals surface area contributed by atoms with Crippen molar-refractivity contribution < 1.29 is 37.3 Å². The standard InChI is InChI=1S/C30H32F3NO5/c31-30(32,33)24-11-13-26(14-12-24)39-27-17-15-25(16-18-27)38-21-5-3-1-2-4-6-22-7-9-23(10-8-22)29(37)34-20-19-28(35)36/h7-18H,1-6,19-21H2,(H,34,37)(H,35,36). The first-order valence-corrected chi connectivity index (χ1v) is 12.9. The maximum absolute atomic E-state index is 12.7. The lowest BCUT2D eigenvalue weighted by atomic mass is 10.0. The molecular formula is C30H32F3NO5. The molecule has 0 saturated carbocycles. The SMILES string of the molecule is O=C(O)CCNC(=O)c1ccc(CCCCCCCOc2ccc(Oc3ccc(C(F)(F)F)cc3)cc2)cc1. The summed E-state index contributed by atoms with van der Waals surface area (Å²) in [6.45, 7) is 0.700. The predicted octanol–water partition coefficient (Wildman–Crippen LogP) is 7.27. The first kappa shape index (κ1) is 29.5. The fourth-order valence-corrected chi connectivity index (χ4v) is 3.81. The van der Waals surface area contributed by atoms with Crippen LogP contribution in [0.1, 0.15) is 60.0 Å². The van der Waals surface area contributed by atoms with Gasteiger partial charge >= 0.3 is 12.1 Å². The highest BCUT2D eigenvalue weighted by Crippen LogP contribution is 2.31. The number of hydrogen-bond acceptors (Lipinski definition) is 4. The molecule has 0 radical (unpaired) electrons. The Morgan fingerprint density at radius 3 is 1.92 bits per heavy atom. The molecule has 9 heteroatoms. The number of carbonyl (C=O) groups excluding carboxylic acids is 1. The van der Waals surface area contributed by atoms with Crippen molar-refractivity contribution in [2.45, 2.75) is 51.1 Å². The second-order valence-electron chi connectivity index (χ2n) is 9.06. The Labute approximate surface area is 225 Å². The Kier molecular flexibility index (Phi) is 11.2. The lowest BCUT2D eigenvalue weighted by Crippen LogP contribution is -2.25. The van der Waals surface area contributed by atoms with Gasteiger partial charge in [-0.15, -0.1) is 0 Å². The van der Waals surface area contributed by atoms with Gasteiger partial charge < -0.3 is 19.9 Å². The fraction of sp³-hybridized carbons (Fsp3) is 0.333. The van der Waals surface area contributed by atoms with Gasteiger partial charge in [-0.05, 0) is 85.5 Å². The minimum absolute atomic E-state index is 0.102. The predicted molar refractivity (Wildman–Crippen MR) is 141 cm³/mol. The average molecular weight is 544 g/mol. The van der Waals surface area contributed by atoms with Gasteiger partial charge in [-0.3, -0.25) is 9.59 Å². The van der Waals surface area contributed by atoms with Crippen molar-refractivity contribution in [3.8, 4) is 17.2 Å². The van der Waals surface area contributed by atoms with Gasteiger partial charge in [0.25, 0.3) is 5.91 Å². The van der Waals surface area contributed by atoms with Crippen LogP contribution in [0.2, 0.25) is 0 Å². The van der Waals surface area contributed by atoms with Crippen molar-refractivity contribution in [3.63, 3.8) is 0 Å². The molecule has 0 bridgehead atoms. The molecule has 0 aliphatic carbocycles. The number of benzene rings is 3. The van der Waals surface area contributed by atoms with Crippen LogP contribution in [0.5, 0.6) is 17.2 Å². The van der Waals surface area contributed by atoms with E-state index in [2.05, 4.69) is 5.32 Å². The van der Waals surface area contributed by atoms with E-state index in [1.54, 1.807) is 36.4 Å². The third-order valence-electron chi connectivity index (χ3n) is 5.96. The van der Waals surface area contributed by atoms with Gasteiger partial charge in [0.15, 0.2) is 0 Å². The number of halogens is 3. The van der Waals surface area contributed by atoms with Crippen LogP contribution in [-0.4, -0.2) is 30.1 Å². The number of hydrogen-bond donors (Lipinski definition) is 2. The molecule has 0 atom stereocenters. The first-order chi connectivity index (χ1) is 18.7. The number of rotatable bonds is 15. The molecule has 39 heavy (non-hydrogen) atoms. The van der Waals surface area contributed by atoms with Crippen LogP contribution < -0.4 is 14.8 Å². The number of nitrogens with one attached hydrogen (secondary N) is 1. The lowest BCUT2D eigenvalue weighted by molar-refractivity contribution is -0.138. The second-order valence-corrected chi connectivity index (χ2v) is 9.06. The van der Waals surface area contributed by atoms with Gasteiger partial charge in [0, 0.05) is 12.1 Å². The van der Waals surface area contributed by atoms with Crippen LogP contribution in [-0.2, 0) is 17.4 Å². The molecule has 0 heterocycles. The van der Waals surface area contributed by atoms with Crippen molar-refractivity contribution in [2.75, 3.05) is 13.2 Å². The number of alkyl halides is 3. The van der Waals surface area contributed by atoms with Gasteiger partial charge in [-0.25, -0.2) is 0 Å². The molecule has 1 amide bonds. The zero-order valence-corrected chi connectivity index (χ0v) is 21.5. The molecule has 0 aromatic heterocycles. The minimum atomic E-state index is -4.37. The van der Waals surface area contributed by atoms with Crippen LogP contribution in [0.4, 0.5) is 13.2 Å². The number of amides is 1. The molecule has 208 valence electrons. The topological polar surface area (TPSA) is 84.9 Å². The van der Waals surface area contributed by atoms with Gasteiger partial charge in [-0.1, -0.05) is 31.4 Å². The molecule has 0 spiro atoms. The Balaban J connectivity index is 1.25. The van der Waals surface area contributed by atoms with Crippen molar-refractivity contribution in [1.29, 1.82) is 0 Å². The minimum Gasteiger partial charge on any atom is -0.494 e. The third kappa shape index (κ3) is 10.7. The largest absolute Gasteiger partial charge is 0.494 e. The van der Waals surface area contributed by atoms with Crippen molar-refractivity contribution in [3.05, 3.63) is 89.5 Å². The molecule has 0 unspecified atom stereocenters. The van der Waals surface area contributed by atoms with Crippen molar-refractivity contribution in [1.82, 2.24) is 5.32 Å². The van der Waals surface area contributed by atoms with Crippen molar-refractivity contribution in [2.24, 2.45) is 0 Å². The zero-order chi connectivity index (χ0) is 28.1. The van der Waals surface area contributed by atoms with E-state index in [1.807, 2.05) is 12.1 Å². The average Bonchev–Trinajstić information content (AvgIpc) is 2.91. The van der Waals surface area contributed by atoms with E-state index in [9.17, 15) is 22.8 Å². The van der Waals surface area contributed by atoms with Crippen LogP contribution >= 0.6 is 0 Å². The summed E-state index contributed by atoms with van der Waals surface area (Å²) in [6.07, 6.45) is 1.65. The number of carboxylic acid groups (broad SMARTS) is 1.